The first-order valence-electron chi connectivity index (χ1n) is 10.1. The normalized spacial score (nSPS) is 19.7. The molecular formula is C22H25BrN2O3S. The summed E-state index contributed by atoms with van der Waals surface area (Å²) >= 11 is 5.02. The standard InChI is InChI=1S/C22H25BrN2O3S/c23-18-4-1-3-17(15-18)22(8-12-28-13-9-22)24-20(26)16-6-10-25(11-7-16)21(27)19-5-2-14-29-19/h1-5,14-16H,6-13H2,(H,24,26). The van der Waals surface area contributed by atoms with E-state index in [1.165, 1.54) is 11.3 Å². The highest BCUT2D eigenvalue weighted by Gasteiger charge is 2.38. The molecule has 0 spiro atoms. The fourth-order valence-corrected chi connectivity index (χ4v) is 5.32. The number of nitrogens with zero attached hydrogens (tertiary/aromatic N) is 1. The van der Waals surface area contributed by atoms with E-state index >= 15 is 0 Å². The summed E-state index contributed by atoms with van der Waals surface area (Å²) in [6.07, 6.45) is 2.94. The topological polar surface area (TPSA) is 58.6 Å². The van der Waals surface area contributed by atoms with Gasteiger partial charge in [-0.15, -0.1) is 11.3 Å². The minimum atomic E-state index is -0.386. The lowest BCUT2D eigenvalue weighted by Crippen LogP contribution is -2.52. The van der Waals surface area contributed by atoms with Crippen molar-refractivity contribution in [2.75, 3.05) is 26.3 Å². The van der Waals surface area contributed by atoms with Crippen LogP contribution in [0.4, 0.5) is 0 Å². The van der Waals surface area contributed by atoms with Crippen molar-refractivity contribution in [2.45, 2.75) is 31.2 Å². The molecule has 2 fully saturated rings. The molecule has 7 heteroatoms. The SMILES string of the molecule is O=C(NC1(c2cccc(Br)c2)CCOCC1)C1CCN(C(=O)c2cccs2)CC1. The van der Waals surface area contributed by atoms with E-state index in [0.29, 0.717) is 39.1 Å². The van der Waals surface area contributed by atoms with Crippen molar-refractivity contribution in [3.63, 3.8) is 0 Å². The van der Waals surface area contributed by atoms with Gasteiger partial charge >= 0.3 is 0 Å². The molecule has 2 aliphatic heterocycles. The number of benzene rings is 1. The molecule has 154 valence electrons. The number of ether oxygens (including phenoxy) is 1. The average molecular weight is 477 g/mol. The second-order valence-electron chi connectivity index (χ2n) is 7.74. The van der Waals surface area contributed by atoms with Gasteiger partial charge < -0.3 is 15.0 Å². The number of halogens is 1. The maximum atomic E-state index is 13.2. The van der Waals surface area contributed by atoms with E-state index in [2.05, 4.69) is 33.4 Å². The molecule has 1 aromatic carbocycles. The molecule has 0 aliphatic carbocycles. The lowest BCUT2D eigenvalue weighted by Gasteiger charge is -2.40. The van der Waals surface area contributed by atoms with Crippen LogP contribution in [-0.2, 0) is 15.1 Å². The summed E-state index contributed by atoms with van der Waals surface area (Å²) in [6.45, 7) is 2.53. The van der Waals surface area contributed by atoms with E-state index < -0.39 is 0 Å². The molecule has 3 heterocycles. The summed E-state index contributed by atoms with van der Waals surface area (Å²) in [5.74, 6) is 0.109. The zero-order valence-electron chi connectivity index (χ0n) is 16.2. The Morgan fingerprint density at radius 1 is 1.14 bits per heavy atom. The van der Waals surface area contributed by atoms with Gasteiger partial charge in [-0.2, -0.15) is 0 Å². The first kappa shape index (κ1) is 20.6. The van der Waals surface area contributed by atoms with Gasteiger partial charge in [-0.1, -0.05) is 34.1 Å². The molecule has 2 saturated heterocycles. The van der Waals surface area contributed by atoms with E-state index in [4.69, 9.17) is 4.74 Å². The van der Waals surface area contributed by atoms with E-state index in [1.54, 1.807) is 0 Å². The summed E-state index contributed by atoms with van der Waals surface area (Å²) in [7, 11) is 0. The number of carbonyl (C=O) groups is 2. The molecule has 2 amide bonds. The largest absolute Gasteiger partial charge is 0.381 e. The molecule has 0 bridgehead atoms. The fraction of sp³-hybridized carbons (Fsp3) is 0.455. The zero-order valence-corrected chi connectivity index (χ0v) is 18.6. The Bertz CT molecular complexity index is 857. The third kappa shape index (κ3) is 4.57. The van der Waals surface area contributed by atoms with Gasteiger partial charge in [-0.05, 0) is 54.8 Å². The number of hydrogen-bond donors (Lipinski definition) is 1. The molecule has 1 N–H and O–H groups in total. The summed E-state index contributed by atoms with van der Waals surface area (Å²) in [4.78, 5) is 28.3. The van der Waals surface area contributed by atoms with Crippen molar-refractivity contribution >= 4 is 39.1 Å². The maximum absolute atomic E-state index is 13.2. The molecular weight excluding hydrogens is 452 g/mol. The Labute approximate surface area is 183 Å². The Hall–Kier alpha value is -1.70. The number of amides is 2. The van der Waals surface area contributed by atoms with Gasteiger partial charge in [0.05, 0.1) is 10.4 Å². The van der Waals surface area contributed by atoms with Crippen LogP contribution >= 0.6 is 27.3 Å². The molecule has 4 rings (SSSR count). The highest BCUT2D eigenvalue weighted by molar-refractivity contribution is 9.10. The second-order valence-corrected chi connectivity index (χ2v) is 9.60. The van der Waals surface area contributed by atoms with Crippen LogP contribution < -0.4 is 5.32 Å². The van der Waals surface area contributed by atoms with Gasteiger partial charge in [-0.25, -0.2) is 0 Å². The third-order valence-corrected chi connectivity index (χ3v) is 7.32. The zero-order chi connectivity index (χ0) is 20.3. The minimum absolute atomic E-state index is 0.0609. The summed E-state index contributed by atoms with van der Waals surface area (Å²) in [6, 6.07) is 11.9. The number of likely N-dealkylation sites (tertiary alicyclic amines) is 1. The molecule has 0 atom stereocenters. The van der Waals surface area contributed by atoms with E-state index in [1.807, 2.05) is 34.5 Å². The van der Waals surface area contributed by atoms with E-state index in [0.717, 1.165) is 27.8 Å². The van der Waals surface area contributed by atoms with Crippen LogP contribution in [0.5, 0.6) is 0 Å². The van der Waals surface area contributed by atoms with Crippen molar-refractivity contribution in [3.05, 3.63) is 56.7 Å². The number of nitrogens with one attached hydrogen (secondary N) is 1. The monoisotopic (exact) mass is 476 g/mol. The van der Waals surface area contributed by atoms with Crippen LogP contribution in [0.3, 0.4) is 0 Å². The number of piperidine rings is 1. The molecule has 2 aromatic rings. The van der Waals surface area contributed by atoms with E-state index in [9.17, 15) is 9.59 Å². The van der Waals surface area contributed by atoms with Gasteiger partial charge in [0.1, 0.15) is 0 Å². The molecule has 1 aromatic heterocycles. The van der Waals surface area contributed by atoms with Crippen LogP contribution in [0, 0.1) is 5.92 Å². The van der Waals surface area contributed by atoms with Crippen LogP contribution in [0.2, 0.25) is 0 Å². The quantitative estimate of drug-likeness (QED) is 0.719. The van der Waals surface area contributed by atoms with Crippen LogP contribution in [0.15, 0.2) is 46.3 Å². The Morgan fingerprint density at radius 3 is 2.55 bits per heavy atom. The van der Waals surface area contributed by atoms with Gasteiger partial charge in [0, 0.05) is 36.7 Å². The number of rotatable bonds is 4. The fourth-order valence-electron chi connectivity index (χ4n) is 4.23. The van der Waals surface area contributed by atoms with Gasteiger partial charge in [0.2, 0.25) is 5.91 Å². The Balaban J connectivity index is 1.42. The molecule has 0 radical (unpaired) electrons. The van der Waals surface area contributed by atoms with Crippen molar-refractivity contribution in [2.24, 2.45) is 5.92 Å². The third-order valence-electron chi connectivity index (χ3n) is 5.97. The summed E-state index contributed by atoms with van der Waals surface area (Å²) in [5.41, 5.74) is 0.733. The van der Waals surface area contributed by atoms with Crippen molar-refractivity contribution in [3.8, 4) is 0 Å². The molecule has 0 saturated carbocycles. The molecule has 29 heavy (non-hydrogen) atoms. The van der Waals surface area contributed by atoms with Gasteiger partial charge in [0.25, 0.3) is 5.91 Å². The number of hydrogen-bond acceptors (Lipinski definition) is 4. The summed E-state index contributed by atoms with van der Waals surface area (Å²) < 4.78 is 6.58. The predicted molar refractivity (Wildman–Crippen MR) is 117 cm³/mol. The second kappa shape index (κ2) is 8.98. The molecule has 2 aliphatic rings. The van der Waals surface area contributed by atoms with Gasteiger partial charge in [0.15, 0.2) is 0 Å². The van der Waals surface area contributed by atoms with Crippen LogP contribution in [0.1, 0.15) is 40.9 Å². The highest BCUT2D eigenvalue weighted by atomic mass is 79.9. The molecule has 5 nitrogen and oxygen atoms in total. The van der Waals surface area contributed by atoms with Crippen LogP contribution in [-0.4, -0.2) is 43.0 Å². The predicted octanol–water partition coefficient (Wildman–Crippen LogP) is 4.18. The van der Waals surface area contributed by atoms with E-state index in [-0.39, 0.29) is 23.3 Å². The highest BCUT2D eigenvalue weighted by Crippen LogP contribution is 2.34. The average Bonchev–Trinajstić information content (AvgIpc) is 3.29. The van der Waals surface area contributed by atoms with Crippen molar-refractivity contribution < 1.29 is 14.3 Å². The first-order valence-corrected chi connectivity index (χ1v) is 11.7. The molecule has 0 unspecified atom stereocenters. The lowest BCUT2D eigenvalue weighted by atomic mass is 9.81. The lowest BCUT2D eigenvalue weighted by molar-refractivity contribution is -0.129. The Kier molecular flexibility index (Phi) is 6.37. The number of carbonyl (C=O) groups excluding carboxylic acids is 2. The van der Waals surface area contributed by atoms with Crippen LogP contribution in [0.25, 0.3) is 0 Å². The van der Waals surface area contributed by atoms with Gasteiger partial charge in [-0.3, -0.25) is 9.59 Å². The number of thiophene rings is 1. The maximum Gasteiger partial charge on any atom is 0.263 e. The summed E-state index contributed by atoms with van der Waals surface area (Å²) in [5, 5.41) is 5.30. The smallest absolute Gasteiger partial charge is 0.263 e. The van der Waals surface area contributed by atoms with Crippen molar-refractivity contribution in [1.82, 2.24) is 10.2 Å². The first-order chi connectivity index (χ1) is 14.1. The Morgan fingerprint density at radius 2 is 1.90 bits per heavy atom. The van der Waals surface area contributed by atoms with Crippen molar-refractivity contribution in [1.29, 1.82) is 0 Å². The minimum Gasteiger partial charge on any atom is -0.381 e.